The van der Waals surface area contributed by atoms with E-state index in [1.165, 1.54) is 0 Å². The third-order valence-corrected chi connectivity index (χ3v) is 3.25. The van der Waals surface area contributed by atoms with Crippen LogP contribution in [0.4, 0.5) is 0 Å². The fourth-order valence-corrected chi connectivity index (χ4v) is 2.35. The smallest absolute Gasteiger partial charge is 0.142 e. The molecule has 0 saturated carbocycles. The summed E-state index contributed by atoms with van der Waals surface area (Å²) in [6, 6.07) is 11.7. The first-order valence-electron chi connectivity index (χ1n) is 5.53. The van der Waals surface area contributed by atoms with Gasteiger partial charge in [-0.05, 0) is 19.1 Å². The van der Waals surface area contributed by atoms with Crippen molar-refractivity contribution in [3.63, 3.8) is 0 Å². The van der Waals surface area contributed by atoms with Gasteiger partial charge in [-0.15, -0.1) is 0 Å². The Morgan fingerprint density at radius 3 is 2.59 bits per heavy atom. The van der Waals surface area contributed by atoms with Gasteiger partial charge in [0.2, 0.25) is 0 Å². The van der Waals surface area contributed by atoms with Gasteiger partial charge in [-0.2, -0.15) is 0 Å². The molecule has 0 saturated heterocycles. The van der Waals surface area contributed by atoms with E-state index < -0.39 is 0 Å². The zero-order chi connectivity index (χ0) is 12.0. The normalized spacial score (nSPS) is 13.4. The number of fused-ring (bicyclic) bond motifs is 3. The number of nitrogens with two attached hydrogens (primary N) is 1. The number of halogens is 1. The van der Waals surface area contributed by atoms with Gasteiger partial charge in [0.1, 0.15) is 11.3 Å². The van der Waals surface area contributed by atoms with E-state index in [4.69, 9.17) is 21.8 Å². The summed E-state index contributed by atoms with van der Waals surface area (Å²) in [5.74, 6) is 0.785. The Morgan fingerprint density at radius 1 is 1.18 bits per heavy atom. The highest BCUT2D eigenvalue weighted by atomic mass is 35.5. The summed E-state index contributed by atoms with van der Waals surface area (Å²) < 4.78 is 5.81. The maximum atomic E-state index is 6.25. The zero-order valence-electron chi connectivity index (χ0n) is 9.41. The van der Waals surface area contributed by atoms with Crippen molar-refractivity contribution in [3.05, 3.63) is 47.2 Å². The summed E-state index contributed by atoms with van der Waals surface area (Å²) in [4.78, 5) is 0. The Labute approximate surface area is 104 Å². The first-order valence-corrected chi connectivity index (χ1v) is 5.91. The highest BCUT2D eigenvalue weighted by Crippen LogP contribution is 2.34. The predicted octanol–water partition coefficient (Wildman–Crippen LogP) is 4.26. The topological polar surface area (TPSA) is 39.2 Å². The van der Waals surface area contributed by atoms with E-state index in [2.05, 4.69) is 0 Å². The highest BCUT2D eigenvalue weighted by Gasteiger charge is 2.12. The maximum Gasteiger partial charge on any atom is 0.142 e. The second kappa shape index (κ2) is 3.76. The van der Waals surface area contributed by atoms with Crippen molar-refractivity contribution in [3.8, 4) is 0 Å². The van der Waals surface area contributed by atoms with Crippen molar-refractivity contribution in [1.82, 2.24) is 0 Å². The number of hydrogen-bond acceptors (Lipinski definition) is 2. The fraction of sp³-hybridized carbons (Fsp3) is 0.143. The highest BCUT2D eigenvalue weighted by molar-refractivity contribution is 6.37. The van der Waals surface area contributed by atoms with Gasteiger partial charge in [0.25, 0.3) is 0 Å². The first kappa shape index (κ1) is 10.6. The summed E-state index contributed by atoms with van der Waals surface area (Å²) >= 11 is 6.25. The van der Waals surface area contributed by atoms with E-state index in [0.29, 0.717) is 0 Å². The molecule has 3 aromatic rings. The van der Waals surface area contributed by atoms with Gasteiger partial charge in [-0.25, -0.2) is 0 Å². The summed E-state index contributed by atoms with van der Waals surface area (Å²) in [6.07, 6.45) is 0. The molecule has 0 aliphatic rings. The second-order valence-electron chi connectivity index (χ2n) is 4.26. The lowest BCUT2D eigenvalue weighted by molar-refractivity contribution is 0.515. The molecule has 86 valence electrons. The van der Waals surface area contributed by atoms with Crippen molar-refractivity contribution >= 4 is 33.3 Å². The molecule has 1 heterocycles. The quantitative estimate of drug-likeness (QED) is 0.696. The minimum absolute atomic E-state index is 0.111. The Hall–Kier alpha value is -1.51. The molecule has 0 amide bonds. The van der Waals surface area contributed by atoms with E-state index in [-0.39, 0.29) is 6.04 Å². The van der Waals surface area contributed by atoms with Crippen LogP contribution in [0.15, 0.2) is 40.8 Å². The second-order valence-corrected chi connectivity index (χ2v) is 4.67. The molecular formula is C14H12ClNO. The molecule has 17 heavy (non-hydrogen) atoms. The van der Waals surface area contributed by atoms with Gasteiger partial charge in [-0.3, -0.25) is 0 Å². The van der Waals surface area contributed by atoms with E-state index in [9.17, 15) is 0 Å². The van der Waals surface area contributed by atoms with E-state index in [1.807, 2.05) is 43.3 Å². The van der Waals surface area contributed by atoms with Crippen molar-refractivity contribution in [2.45, 2.75) is 13.0 Å². The number of furan rings is 1. The van der Waals surface area contributed by atoms with Gasteiger partial charge in [0, 0.05) is 21.2 Å². The molecule has 2 N–H and O–H groups in total. The number of rotatable bonds is 1. The molecule has 1 aromatic heterocycles. The molecule has 0 radical (unpaired) electrons. The molecule has 1 unspecified atom stereocenters. The molecule has 2 nitrogen and oxygen atoms in total. The van der Waals surface area contributed by atoms with Crippen LogP contribution >= 0.6 is 11.6 Å². The average Bonchev–Trinajstić information content (AvgIpc) is 2.73. The van der Waals surface area contributed by atoms with Crippen LogP contribution in [0.3, 0.4) is 0 Å². The minimum Gasteiger partial charge on any atom is -0.459 e. The molecule has 2 aromatic carbocycles. The largest absolute Gasteiger partial charge is 0.459 e. The maximum absolute atomic E-state index is 6.25. The number of benzene rings is 2. The summed E-state index contributed by atoms with van der Waals surface area (Å²) in [5, 5.41) is 3.78. The SMILES string of the molecule is CC(N)c1cc2cc(Cl)c3ccccc3c2o1. The Bertz CT molecular complexity index is 700. The van der Waals surface area contributed by atoms with E-state index >= 15 is 0 Å². The summed E-state index contributed by atoms with van der Waals surface area (Å²) in [6.45, 7) is 1.90. The molecule has 3 rings (SSSR count). The van der Waals surface area contributed by atoms with Crippen LogP contribution in [0.5, 0.6) is 0 Å². The predicted molar refractivity (Wildman–Crippen MR) is 71.3 cm³/mol. The minimum atomic E-state index is -0.111. The van der Waals surface area contributed by atoms with Crippen LogP contribution in [0, 0.1) is 0 Å². The summed E-state index contributed by atoms with van der Waals surface area (Å²) in [5.41, 5.74) is 6.69. The van der Waals surface area contributed by atoms with Gasteiger partial charge >= 0.3 is 0 Å². The molecule has 0 aliphatic heterocycles. The number of hydrogen-bond donors (Lipinski definition) is 1. The summed E-state index contributed by atoms with van der Waals surface area (Å²) in [7, 11) is 0. The van der Waals surface area contributed by atoms with Crippen LogP contribution in [0.2, 0.25) is 5.02 Å². The van der Waals surface area contributed by atoms with Gasteiger partial charge in [0.15, 0.2) is 0 Å². The molecule has 1 atom stereocenters. The van der Waals surface area contributed by atoms with Gasteiger partial charge in [-0.1, -0.05) is 35.9 Å². The monoisotopic (exact) mass is 245 g/mol. The Morgan fingerprint density at radius 2 is 1.88 bits per heavy atom. The third kappa shape index (κ3) is 1.61. The average molecular weight is 246 g/mol. The van der Waals surface area contributed by atoms with Crippen molar-refractivity contribution in [2.24, 2.45) is 5.73 Å². The third-order valence-electron chi connectivity index (χ3n) is 2.94. The lowest BCUT2D eigenvalue weighted by Gasteiger charge is -2.01. The van der Waals surface area contributed by atoms with Gasteiger partial charge < -0.3 is 10.2 Å². The van der Waals surface area contributed by atoms with Crippen LogP contribution in [0.25, 0.3) is 21.7 Å². The molecule has 0 fully saturated rings. The molecule has 3 heteroatoms. The van der Waals surface area contributed by atoms with Gasteiger partial charge in [0.05, 0.1) is 6.04 Å². The van der Waals surface area contributed by atoms with Crippen molar-refractivity contribution in [2.75, 3.05) is 0 Å². The molecular weight excluding hydrogens is 234 g/mol. The standard InChI is InChI=1S/C14H12ClNO/c1-8(16)13-7-9-6-12(15)10-4-2-3-5-11(10)14(9)17-13/h2-8H,16H2,1H3. The lowest BCUT2D eigenvalue weighted by Crippen LogP contribution is -2.02. The first-order chi connectivity index (χ1) is 8.16. The molecule has 0 bridgehead atoms. The Balaban J connectivity index is 2.46. The van der Waals surface area contributed by atoms with Crippen LogP contribution < -0.4 is 5.73 Å². The zero-order valence-corrected chi connectivity index (χ0v) is 10.2. The van der Waals surface area contributed by atoms with E-state index in [1.54, 1.807) is 0 Å². The Kier molecular flexibility index (Phi) is 2.35. The fourth-order valence-electron chi connectivity index (χ4n) is 2.07. The van der Waals surface area contributed by atoms with Crippen LogP contribution in [0.1, 0.15) is 18.7 Å². The van der Waals surface area contributed by atoms with Crippen molar-refractivity contribution < 1.29 is 4.42 Å². The van der Waals surface area contributed by atoms with E-state index in [0.717, 1.165) is 32.5 Å². The lowest BCUT2D eigenvalue weighted by atomic mass is 10.1. The van der Waals surface area contributed by atoms with Crippen LogP contribution in [-0.4, -0.2) is 0 Å². The molecule has 0 aliphatic carbocycles. The van der Waals surface area contributed by atoms with Crippen molar-refractivity contribution in [1.29, 1.82) is 0 Å². The van der Waals surface area contributed by atoms with Crippen LogP contribution in [-0.2, 0) is 0 Å². The molecule has 0 spiro atoms.